The fourth-order valence-corrected chi connectivity index (χ4v) is 2.18. The highest BCUT2D eigenvalue weighted by Gasteiger charge is 2.12. The van der Waals surface area contributed by atoms with E-state index in [1.54, 1.807) is 12.1 Å². The van der Waals surface area contributed by atoms with E-state index in [1.165, 1.54) is 11.8 Å². The summed E-state index contributed by atoms with van der Waals surface area (Å²) in [5, 5.41) is 0.591. The Labute approximate surface area is 90.4 Å². The Morgan fingerprint density at radius 2 is 1.85 bits per heavy atom. The van der Waals surface area contributed by atoms with Gasteiger partial charge in [0, 0.05) is 4.90 Å². The van der Waals surface area contributed by atoms with Gasteiger partial charge in [-0.25, -0.2) is 0 Å². The first-order valence-corrected chi connectivity index (χ1v) is 5.37. The minimum absolute atomic E-state index is 0.182. The molecule has 5 heteroatoms. The molecule has 0 heterocycles. The van der Waals surface area contributed by atoms with Crippen molar-refractivity contribution >= 4 is 40.9 Å². The van der Waals surface area contributed by atoms with Crippen LogP contribution < -0.4 is 5.73 Å². The second kappa shape index (κ2) is 4.22. The number of halogens is 2. The molecule has 0 radical (unpaired) electrons. The van der Waals surface area contributed by atoms with Gasteiger partial charge in [-0.3, -0.25) is 4.79 Å². The van der Waals surface area contributed by atoms with Crippen molar-refractivity contribution in [3.8, 4) is 0 Å². The molecule has 0 saturated heterocycles. The van der Waals surface area contributed by atoms with Gasteiger partial charge in [-0.1, -0.05) is 23.2 Å². The number of amides is 1. The molecule has 0 aliphatic carbocycles. The molecule has 0 fully saturated rings. The number of carbonyl (C=O) groups excluding carboxylic acids is 1. The van der Waals surface area contributed by atoms with Crippen molar-refractivity contribution < 1.29 is 4.79 Å². The van der Waals surface area contributed by atoms with Gasteiger partial charge >= 0.3 is 0 Å². The topological polar surface area (TPSA) is 43.1 Å². The molecule has 1 amide bonds. The molecule has 0 unspecified atom stereocenters. The summed E-state index contributed by atoms with van der Waals surface area (Å²) in [5.41, 5.74) is 5.27. The fraction of sp³-hybridized carbons (Fsp3) is 0.125. The zero-order valence-electron chi connectivity index (χ0n) is 6.80. The molecule has 2 nitrogen and oxygen atoms in total. The third-order valence-corrected chi connectivity index (χ3v) is 2.80. The Balaban J connectivity index is 3.31. The summed E-state index contributed by atoms with van der Waals surface area (Å²) in [7, 11) is 0. The fourth-order valence-electron chi connectivity index (χ4n) is 0.903. The third kappa shape index (κ3) is 2.30. The molecule has 0 aliphatic heterocycles. The average molecular weight is 236 g/mol. The highest BCUT2D eigenvalue weighted by Crippen LogP contribution is 2.29. The average Bonchev–Trinajstić information content (AvgIpc) is 2.02. The van der Waals surface area contributed by atoms with Gasteiger partial charge < -0.3 is 5.73 Å². The van der Waals surface area contributed by atoms with E-state index >= 15 is 0 Å². The summed E-state index contributed by atoms with van der Waals surface area (Å²) in [6.07, 6.45) is 1.89. The van der Waals surface area contributed by atoms with Gasteiger partial charge in [0.2, 0.25) is 0 Å². The normalized spacial score (nSPS) is 10.1. The zero-order valence-corrected chi connectivity index (χ0v) is 9.13. The van der Waals surface area contributed by atoms with Crippen LogP contribution in [0.2, 0.25) is 10.0 Å². The highest BCUT2D eigenvalue weighted by molar-refractivity contribution is 7.98. The predicted molar refractivity (Wildman–Crippen MR) is 56.8 cm³/mol. The Bertz CT molecular complexity index is 331. The summed E-state index contributed by atoms with van der Waals surface area (Å²) in [6.45, 7) is 0. The third-order valence-electron chi connectivity index (χ3n) is 1.50. The second-order valence-corrected chi connectivity index (χ2v) is 4.02. The van der Waals surface area contributed by atoms with E-state index < -0.39 is 5.91 Å². The van der Waals surface area contributed by atoms with Crippen LogP contribution in [0.4, 0.5) is 0 Å². The van der Waals surface area contributed by atoms with Crippen molar-refractivity contribution in [3.05, 3.63) is 27.7 Å². The molecule has 13 heavy (non-hydrogen) atoms. The van der Waals surface area contributed by atoms with Crippen LogP contribution in [0, 0.1) is 0 Å². The molecule has 0 bridgehead atoms. The van der Waals surface area contributed by atoms with Gasteiger partial charge in [-0.2, -0.15) is 0 Å². The van der Waals surface area contributed by atoms with E-state index in [2.05, 4.69) is 0 Å². The van der Waals surface area contributed by atoms with E-state index in [4.69, 9.17) is 28.9 Å². The number of hydrogen-bond donors (Lipinski definition) is 1. The van der Waals surface area contributed by atoms with Crippen molar-refractivity contribution in [1.29, 1.82) is 0 Å². The molecule has 0 atom stereocenters. The number of thioether (sulfide) groups is 1. The summed E-state index contributed by atoms with van der Waals surface area (Å²) in [5.74, 6) is -0.609. The lowest BCUT2D eigenvalue weighted by molar-refractivity contribution is 0.100. The number of carbonyl (C=O) groups is 1. The molecule has 1 aromatic carbocycles. The first-order chi connectivity index (χ1) is 6.06. The lowest BCUT2D eigenvalue weighted by atomic mass is 10.2. The van der Waals surface area contributed by atoms with Crippen molar-refractivity contribution in [2.24, 2.45) is 5.73 Å². The van der Waals surface area contributed by atoms with E-state index in [0.29, 0.717) is 10.0 Å². The number of rotatable bonds is 2. The molecule has 0 saturated carbocycles. The van der Waals surface area contributed by atoms with Crippen molar-refractivity contribution in [1.82, 2.24) is 0 Å². The summed E-state index contributed by atoms with van der Waals surface area (Å²) < 4.78 is 0. The van der Waals surface area contributed by atoms with Crippen molar-refractivity contribution in [2.45, 2.75) is 4.90 Å². The van der Waals surface area contributed by atoms with Crippen LogP contribution in [0.5, 0.6) is 0 Å². The Kier molecular flexibility index (Phi) is 3.47. The molecule has 0 spiro atoms. The van der Waals surface area contributed by atoms with Gasteiger partial charge in [0.05, 0.1) is 15.6 Å². The maximum absolute atomic E-state index is 10.9. The number of primary amides is 1. The van der Waals surface area contributed by atoms with Gasteiger partial charge in [0.15, 0.2) is 0 Å². The molecule has 0 aliphatic rings. The Morgan fingerprint density at radius 1 is 1.38 bits per heavy atom. The van der Waals surface area contributed by atoms with E-state index in [0.717, 1.165) is 4.90 Å². The number of benzene rings is 1. The highest BCUT2D eigenvalue weighted by atomic mass is 35.5. The maximum Gasteiger partial charge on any atom is 0.251 e. The second-order valence-electron chi connectivity index (χ2n) is 2.33. The Morgan fingerprint density at radius 3 is 2.15 bits per heavy atom. The van der Waals surface area contributed by atoms with E-state index in [9.17, 15) is 4.79 Å². The van der Waals surface area contributed by atoms with Crippen LogP contribution in [0.3, 0.4) is 0 Å². The Hall–Kier alpha value is -0.380. The van der Waals surface area contributed by atoms with Crippen molar-refractivity contribution in [2.75, 3.05) is 6.26 Å². The van der Waals surface area contributed by atoms with Crippen LogP contribution in [0.25, 0.3) is 0 Å². The molecule has 2 N–H and O–H groups in total. The van der Waals surface area contributed by atoms with Gasteiger partial charge in [0.25, 0.3) is 5.91 Å². The van der Waals surface area contributed by atoms with Gasteiger partial charge in [-0.05, 0) is 18.4 Å². The SMILES string of the molecule is CSc1cc(Cl)c(C(N)=O)c(Cl)c1. The smallest absolute Gasteiger partial charge is 0.251 e. The first kappa shape index (κ1) is 10.7. The molecule has 1 aromatic rings. The zero-order chi connectivity index (χ0) is 10.0. The van der Waals surface area contributed by atoms with E-state index in [-0.39, 0.29) is 5.56 Å². The summed E-state index contributed by atoms with van der Waals surface area (Å²) in [6, 6.07) is 3.33. The van der Waals surface area contributed by atoms with Gasteiger partial charge in [-0.15, -0.1) is 11.8 Å². The number of hydrogen-bond acceptors (Lipinski definition) is 2. The largest absolute Gasteiger partial charge is 0.366 e. The maximum atomic E-state index is 10.9. The molecular formula is C8H7Cl2NOS. The molecule has 70 valence electrons. The van der Waals surface area contributed by atoms with E-state index in [1.807, 2.05) is 6.26 Å². The van der Waals surface area contributed by atoms with Crippen LogP contribution >= 0.6 is 35.0 Å². The lowest BCUT2D eigenvalue weighted by Gasteiger charge is -2.04. The van der Waals surface area contributed by atoms with Crippen LogP contribution in [-0.4, -0.2) is 12.2 Å². The van der Waals surface area contributed by atoms with Gasteiger partial charge in [0.1, 0.15) is 0 Å². The minimum atomic E-state index is -0.609. The summed E-state index contributed by atoms with van der Waals surface area (Å²) >= 11 is 13.1. The first-order valence-electron chi connectivity index (χ1n) is 3.39. The van der Waals surface area contributed by atoms with Crippen LogP contribution in [0.1, 0.15) is 10.4 Å². The molecule has 0 aromatic heterocycles. The lowest BCUT2D eigenvalue weighted by Crippen LogP contribution is -2.12. The van der Waals surface area contributed by atoms with Crippen LogP contribution in [0.15, 0.2) is 17.0 Å². The standard InChI is InChI=1S/C8H7Cl2NOS/c1-13-4-2-5(9)7(8(11)12)6(10)3-4/h2-3H,1H3,(H2,11,12). The summed E-state index contributed by atoms with van der Waals surface area (Å²) in [4.78, 5) is 11.8. The van der Waals surface area contributed by atoms with Crippen molar-refractivity contribution in [3.63, 3.8) is 0 Å². The van der Waals surface area contributed by atoms with Crippen LogP contribution in [-0.2, 0) is 0 Å². The molecular weight excluding hydrogens is 229 g/mol. The monoisotopic (exact) mass is 235 g/mol. The minimum Gasteiger partial charge on any atom is -0.366 e. The molecule has 1 rings (SSSR count). The predicted octanol–water partition coefficient (Wildman–Crippen LogP) is 2.81. The quantitative estimate of drug-likeness (QED) is 0.802. The number of nitrogens with two attached hydrogens (primary N) is 1.